The minimum absolute atomic E-state index is 0.0439. The topological polar surface area (TPSA) is 87.2 Å². The first-order valence-corrected chi connectivity index (χ1v) is 13.8. The summed E-state index contributed by atoms with van der Waals surface area (Å²) in [6.45, 7) is 3.65. The fourth-order valence-electron chi connectivity index (χ4n) is 5.97. The molecular formula is C28H32ClFN6O2. The predicted octanol–water partition coefficient (Wildman–Crippen LogP) is 4.44. The summed E-state index contributed by atoms with van der Waals surface area (Å²) in [7, 11) is 0. The van der Waals surface area contributed by atoms with Crippen LogP contribution >= 0.6 is 11.6 Å². The molecule has 2 aromatic heterocycles. The van der Waals surface area contributed by atoms with Crippen molar-refractivity contribution < 1.29 is 13.9 Å². The van der Waals surface area contributed by atoms with E-state index in [1.807, 2.05) is 0 Å². The highest BCUT2D eigenvalue weighted by molar-refractivity contribution is 6.30. The molecular weight excluding hydrogens is 507 g/mol. The second-order valence-corrected chi connectivity index (χ2v) is 11.1. The molecule has 1 saturated heterocycles. The van der Waals surface area contributed by atoms with Gasteiger partial charge in [0.05, 0.1) is 48.9 Å². The summed E-state index contributed by atoms with van der Waals surface area (Å²) in [6.07, 6.45) is 10.5. The number of carbonyl (C=O) groups is 1. The molecule has 2 aliphatic heterocycles. The number of aromatic amines is 1. The van der Waals surface area contributed by atoms with E-state index in [1.165, 1.54) is 12.5 Å². The lowest BCUT2D eigenvalue weighted by Gasteiger charge is -2.32. The molecule has 3 aromatic rings. The Kier molecular flexibility index (Phi) is 7.19. The van der Waals surface area contributed by atoms with E-state index in [4.69, 9.17) is 16.3 Å². The number of carbonyl (C=O) groups excluding carboxylic acids is 1. The number of aromatic nitrogens is 4. The monoisotopic (exact) mass is 538 g/mol. The molecule has 38 heavy (non-hydrogen) atoms. The van der Waals surface area contributed by atoms with E-state index in [2.05, 4.69) is 25.1 Å². The van der Waals surface area contributed by atoms with E-state index in [-0.39, 0.29) is 12.3 Å². The maximum atomic E-state index is 14.8. The molecule has 1 aromatic carbocycles. The van der Waals surface area contributed by atoms with Crippen molar-refractivity contribution in [1.29, 1.82) is 0 Å². The molecule has 2 fully saturated rings. The number of amides is 1. The molecule has 0 bridgehead atoms. The molecule has 6 rings (SSSR count). The average molecular weight is 539 g/mol. The molecule has 1 unspecified atom stereocenters. The normalized spacial score (nSPS) is 21.3. The summed E-state index contributed by atoms with van der Waals surface area (Å²) in [4.78, 5) is 25.4. The van der Waals surface area contributed by atoms with Crippen LogP contribution in [0.1, 0.15) is 42.5 Å². The molecule has 1 amide bonds. The highest BCUT2D eigenvalue weighted by Crippen LogP contribution is 2.49. The number of H-pyrrole nitrogens is 1. The van der Waals surface area contributed by atoms with Gasteiger partial charge in [0.15, 0.2) is 0 Å². The van der Waals surface area contributed by atoms with Crippen LogP contribution in [0, 0.1) is 23.6 Å². The Bertz CT molecular complexity index is 1280. The van der Waals surface area contributed by atoms with Crippen molar-refractivity contribution in [3.8, 4) is 5.75 Å². The average Bonchev–Trinajstić information content (AvgIpc) is 3.55. The van der Waals surface area contributed by atoms with Crippen molar-refractivity contribution in [3.05, 3.63) is 64.5 Å². The van der Waals surface area contributed by atoms with Crippen LogP contribution in [0.25, 0.3) is 0 Å². The third-order valence-electron chi connectivity index (χ3n) is 8.30. The van der Waals surface area contributed by atoms with Crippen molar-refractivity contribution in [2.24, 2.45) is 17.8 Å². The van der Waals surface area contributed by atoms with Gasteiger partial charge in [0.25, 0.3) is 0 Å². The zero-order valence-electron chi connectivity index (χ0n) is 21.3. The molecule has 1 N–H and O–H groups in total. The van der Waals surface area contributed by atoms with Crippen LogP contribution < -0.4 is 9.64 Å². The zero-order valence-corrected chi connectivity index (χ0v) is 22.0. The summed E-state index contributed by atoms with van der Waals surface area (Å²) >= 11 is 5.90. The first kappa shape index (κ1) is 25.1. The van der Waals surface area contributed by atoms with Crippen molar-refractivity contribution in [2.45, 2.75) is 45.1 Å². The van der Waals surface area contributed by atoms with Crippen LogP contribution in [0.15, 0.2) is 36.8 Å². The van der Waals surface area contributed by atoms with Gasteiger partial charge in [-0.15, -0.1) is 0 Å². The van der Waals surface area contributed by atoms with Crippen molar-refractivity contribution in [1.82, 2.24) is 25.1 Å². The van der Waals surface area contributed by atoms with Gasteiger partial charge in [-0.3, -0.25) is 9.89 Å². The van der Waals surface area contributed by atoms with Gasteiger partial charge in [-0.25, -0.2) is 14.4 Å². The summed E-state index contributed by atoms with van der Waals surface area (Å²) in [6, 6.07) is 4.85. The van der Waals surface area contributed by atoms with Crippen LogP contribution in [-0.4, -0.2) is 57.2 Å². The van der Waals surface area contributed by atoms with Crippen molar-refractivity contribution >= 4 is 23.5 Å². The quantitative estimate of drug-likeness (QED) is 0.456. The number of hydrogen-bond acceptors (Lipinski definition) is 6. The Morgan fingerprint density at radius 1 is 1.16 bits per heavy atom. The molecule has 1 saturated carbocycles. The number of halogens is 2. The Labute approximate surface area is 226 Å². The second-order valence-electron chi connectivity index (χ2n) is 10.7. The summed E-state index contributed by atoms with van der Waals surface area (Å²) in [5.74, 6) is 2.98. The number of nitrogens with one attached hydrogen (secondary N) is 1. The van der Waals surface area contributed by atoms with Gasteiger partial charge in [0.2, 0.25) is 11.9 Å². The van der Waals surface area contributed by atoms with E-state index < -0.39 is 5.82 Å². The lowest BCUT2D eigenvalue weighted by atomic mass is 9.90. The van der Waals surface area contributed by atoms with Crippen molar-refractivity contribution in [3.63, 3.8) is 0 Å². The maximum Gasteiger partial charge on any atom is 0.227 e. The summed E-state index contributed by atoms with van der Waals surface area (Å²) in [5.41, 5.74) is 2.51. The number of rotatable bonds is 8. The Hall–Kier alpha value is -3.20. The largest absolute Gasteiger partial charge is 0.493 e. The molecule has 10 heteroatoms. The number of piperidine rings is 1. The third-order valence-corrected chi connectivity index (χ3v) is 8.49. The summed E-state index contributed by atoms with van der Waals surface area (Å²) in [5, 5.41) is 7.54. The number of hydrogen-bond donors (Lipinski definition) is 1. The SMILES string of the molecule is O=C(Cc1ccc(OCC[C@@H]2CC2C2CCN(c3ncc(Cl)cn3)CC2)cc1F)N1CCc2cn[nH]c2C1. The van der Waals surface area contributed by atoms with Gasteiger partial charge < -0.3 is 14.5 Å². The first-order valence-electron chi connectivity index (χ1n) is 13.5. The van der Waals surface area contributed by atoms with Crippen LogP contribution in [0.4, 0.5) is 10.3 Å². The maximum absolute atomic E-state index is 14.8. The Morgan fingerprint density at radius 3 is 2.76 bits per heavy atom. The van der Waals surface area contributed by atoms with Gasteiger partial charge in [0.1, 0.15) is 11.6 Å². The summed E-state index contributed by atoms with van der Waals surface area (Å²) < 4.78 is 20.6. The van der Waals surface area contributed by atoms with E-state index in [9.17, 15) is 9.18 Å². The third kappa shape index (κ3) is 5.62. The highest BCUT2D eigenvalue weighted by atomic mass is 35.5. The van der Waals surface area contributed by atoms with Gasteiger partial charge in [-0.2, -0.15) is 5.10 Å². The molecule has 8 nitrogen and oxygen atoms in total. The minimum atomic E-state index is -0.393. The van der Waals surface area contributed by atoms with Gasteiger partial charge in [-0.1, -0.05) is 17.7 Å². The number of benzene rings is 1. The smallest absolute Gasteiger partial charge is 0.227 e. The van der Waals surface area contributed by atoms with Crippen LogP contribution in [-0.2, 0) is 24.2 Å². The zero-order chi connectivity index (χ0) is 26.1. The van der Waals surface area contributed by atoms with E-state index in [0.717, 1.165) is 67.8 Å². The fourth-order valence-corrected chi connectivity index (χ4v) is 6.07. The lowest BCUT2D eigenvalue weighted by Crippen LogP contribution is -2.36. The molecule has 2 atom stereocenters. The van der Waals surface area contributed by atoms with Gasteiger partial charge in [0, 0.05) is 25.7 Å². The van der Waals surface area contributed by atoms with Crippen LogP contribution in [0.2, 0.25) is 5.02 Å². The molecule has 4 heterocycles. The number of nitrogens with zero attached hydrogens (tertiary/aromatic N) is 5. The molecule has 0 spiro atoms. The van der Waals surface area contributed by atoms with E-state index >= 15 is 0 Å². The van der Waals surface area contributed by atoms with E-state index in [0.29, 0.717) is 41.9 Å². The fraction of sp³-hybridized carbons (Fsp3) is 0.500. The predicted molar refractivity (Wildman–Crippen MR) is 142 cm³/mol. The standard InChI is InChI=1S/C28H32ClFN6O2/c29-22-15-31-28(32-16-22)35-7-3-18(4-8-35)24-11-19(24)6-10-38-23-2-1-20(25(30)13-23)12-27(37)36-9-5-21-14-33-34-26(21)17-36/h1-2,13-16,18-19,24H,3-12,17H2,(H,33,34)/t19-,24?/m1/s1. The van der Waals surface area contributed by atoms with Gasteiger partial charge >= 0.3 is 0 Å². The van der Waals surface area contributed by atoms with Crippen LogP contribution in [0.5, 0.6) is 5.75 Å². The first-order chi connectivity index (χ1) is 18.5. The van der Waals surface area contributed by atoms with Crippen LogP contribution in [0.3, 0.4) is 0 Å². The molecule has 0 radical (unpaired) electrons. The molecule has 3 aliphatic rings. The van der Waals surface area contributed by atoms with Crippen molar-refractivity contribution in [2.75, 3.05) is 31.1 Å². The molecule has 1 aliphatic carbocycles. The van der Waals surface area contributed by atoms with Gasteiger partial charge in [-0.05, 0) is 67.1 Å². The number of anilines is 1. The van der Waals surface area contributed by atoms with E-state index in [1.54, 1.807) is 35.6 Å². The second kappa shape index (κ2) is 10.9. The number of ether oxygens (including phenoxy) is 1. The highest BCUT2D eigenvalue weighted by Gasteiger charge is 2.43. The number of fused-ring (bicyclic) bond motifs is 1. The minimum Gasteiger partial charge on any atom is -0.493 e. The Balaban J connectivity index is 0.921. The Morgan fingerprint density at radius 2 is 1.97 bits per heavy atom. The molecule has 200 valence electrons. The lowest BCUT2D eigenvalue weighted by molar-refractivity contribution is -0.131.